The summed E-state index contributed by atoms with van der Waals surface area (Å²) >= 11 is 5.86. The van der Waals surface area contributed by atoms with Gasteiger partial charge in [-0.25, -0.2) is 4.39 Å². The molecule has 0 spiro atoms. The molecule has 0 saturated heterocycles. The van der Waals surface area contributed by atoms with Crippen molar-refractivity contribution in [3.05, 3.63) is 52.8 Å². The molecule has 0 saturated carbocycles. The van der Waals surface area contributed by atoms with E-state index in [-0.39, 0.29) is 17.0 Å². The molecule has 2 aromatic carbocycles. The van der Waals surface area contributed by atoms with E-state index in [0.29, 0.717) is 10.7 Å². The molecule has 1 amide bonds. The highest BCUT2D eigenvalue weighted by Gasteiger charge is 2.14. The van der Waals surface area contributed by atoms with Crippen molar-refractivity contribution in [2.75, 3.05) is 18.2 Å². The molecule has 104 valence electrons. The van der Waals surface area contributed by atoms with Crippen LogP contribution in [0.4, 0.5) is 15.8 Å². The molecule has 3 N–H and O–H groups in total. The number of amides is 1. The summed E-state index contributed by atoms with van der Waals surface area (Å²) in [4.78, 5) is 12.1. The highest BCUT2D eigenvalue weighted by Crippen LogP contribution is 2.27. The van der Waals surface area contributed by atoms with Crippen LogP contribution in [0.3, 0.4) is 0 Å². The van der Waals surface area contributed by atoms with Crippen LogP contribution in [0.2, 0.25) is 5.02 Å². The van der Waals surface area contributed by atoms with Gasteiger partial charge < -0.3 is 15.8 Å². The Morgan fingerprint density at radius 2 is 2.10 bits per heavy atom. The number of hydrogen-bond acceptors (Lipinski definition) is 3. The summed E-state index contributed by atoms with van der Waals surface area (Å²) < 4.78 is 18.1. The normalized spacial score (nSPS) is 10.2. The largest absolute Gasteiger partial charge is 0.494 e. The number of carbonyl (C=O) groups excluding carboxylic acids is 1. The summed E-state index contributed by atoms with van der Waals surface area (Å²) in [6.45, 7) is 0. The molecule has 6 heteroatoms. The Labute approximate surface area is 120 Å². The lowest BCUT2D eigenvalue weighted by Gasteiger charge is -2.11. The lowest BCUT2D eigenvalue weighted by atomic mass is 10.1. The van der Waals surface area contributed by atoms with E-state index in [2.05, 4.69) is 5.32 Å². The van der Waals surface area contributed by atoms with Crippen molar-refractivity contribution in [3.8, 4) is 5.75 Å². The molecule has 0 aliphatic heterocycles. The van der Waals surface area contributed by atoms with Crippen molar-refractivity contribution in [3.63, 3.8) is 0 Å². The average molecular weight is 295 g/mol. The second-order valence-corrected chi connectivity index (χ2v) is 4.41. The predicted octanol–water partition coefficient (Wildman–Crippen LogP) is 3.32. The van der Waals surface area contributed by atoms with Crippen LogP contribution in [-0.2, 0) is 0 Å². The smallest absolute Gasteiger partial charge is 0.257 e. The van der Waals surface area contributed by atoms with E-state index >= 15 is 0 Å². The third-order valence-corrected chi connectivity index (χ3v) is 3.04. The van der Waals surface area contributed by atoms with Crippen molar-refractivity contribution in [2.24, 2.45) is 0 Å². The molecule has 0 fully saturated rings. The molecular formula is C14H12ClFN2O2. The lowest BCUT2D eigenvalue weighted by Crippen LogP contribution is -2.14. The molecule has 0 radical (unpaired) electrons. The number of benzene rings is 2. The van der Waals surface area contributed by atoms with E-state index in [0.717, 1.165) is 0 Å². The van der Waals surface area contributed by atoms with E-state index < -0.39 is 11.7 Å². The van der Waals surface area contributed by atoms with Crippen LogP contribution in [0.1, 0.15) is 10.4 Å². The number of nitrogens with one attached hydrogen (secondary N) is 1. The van der Waals surface area contributed by atoms with Crippen LogP contribution in [-0.4, -0.2) is 13.0 Å². The predicted molar refractivity (Wildman–Crippen MR) is 76.8 cm³/mol. The molecular weight excluding hydrogens is 283 g/mol. The number of para-hydroxylation sites is 1. The van der Waals surface area contributed by atoms with Crippen molar-refractivity contribution in [1.82, 2.24) is 0 Å². The van der Waals surface area contributed by atoms with E-state index in [9.17, 15) is 9.18 Å². The molecule has 0 aliphatic rings. The molecule has 0 atom stereocenters. The molecule has 4 nitrogen and oxygen atoms in total. The van der Waals surface area contributed by atoms with Crippen LogP contribution in [0, 0.1) is 5.82 Å². The number of anilines is 2. The first-order chi connectivity index (χ1) is 9.52. The van der Waals surface area contributed by atoms with Gasteiger partial charge in [0.15, 0.2) is 0 Å². The minimum Gasteiger partial charge on any atom is -0.494 e. The van der Waals surface area contributed by atoms with Crippen molar-refractivity contribution in [1.29, 1.82) is 0 Å². The van der Waals surface area contributed by atoms with Gasteiger partial charge in [0.2, 0.25) is 0 Å². The molecule has 0 aliphatic carbocycles. The van der Waals surface area contributed by atoms with Gasteiger partial charge in [0.25, 0.3) is 5.91 Å². The van der Waals surface area contributed by atoms with Crippen LogP contribution >= 0.6 is 11.6 Å². The van der Waals surface area contributed by atoms with E-state index in [1.54, 1.807) is 18.2 Å². The summed E-state index contributed by atoms with van der Waals surface area (Å²) in [7, 11) is 1.39. The Morgan fingerprint density at radius 1 is 1.35 bits per heavy atom. The van der Waals surface area contributed by atoms with Crippen LogP contribution in [0.25, 0.3) is 0 Å². The molecule has 0 bridgehead atoms. The van der Waals surface area contributed by atoms with Gasteiger partial charge in [-0.1, -0.05) is 17.7 Å². The zero-order valence-electron chi connectivity index (χ0n) is 10.6. The maximum Gasteiger partial charge on any atom is 0.257 e. The van der Waals surface area contributed by atoms with Gasteiger partial charge in [0.05, 0.1) is 29.1 Å². The van der Waals surface area contributed by atoms with Gasteiger partial charge in [0.1, 0.15) is 11.6 Å². The van der Waals surface area contributed by atoms with Gasteiger partial charge in [0, 0.05) is 6.07 Å². The topological polar surface area (TPSA) is 64.3 Å². The molecule has 0 unspecified atom stereocenters. The summed E-state index contributed by atoms with van der Waals surface area (Å²) in [5.41, 5.74) is 6.52. The maximum atomic E-state index is 13.1. The zero-order chi connectivity index (χ0) is 14.7. The van der Waals surface area contributed by atoms with Crippen LogP contribution in [0.15, 0.2) is 36.4 Å². The van der Waals surface area contributed by atoms with Gasteiger partial charge >= 0.3 is 0 Å². The number of nitrogens with two attached hydrogens (primary N) is 1. The standard InChI is InChI=1S/C14H12ClFN2O2/c1-20-12-7-8(16)5-6-11(12)18-14(19)9-3-2-4-10(15)13(9)17/h2-7H,17H2,1H3,(H,18,19). The molecule has 0 aromatic heterocycles. The van der Waals surface area contributed by atoms with Gasteiger partial charge in [-0.15, -0.1) is 0 Å². The maximum absolute atomic E-state index is 13.1. The number of halogens is 2. The van der Waals surface area contributed by atoms with Gasteiger partial charge in [-0.3, -0.25) is 4.79 Å². The second-order valence-electron chi connectivity index (χ2n) is 4.00. The number of ether oxygens (including phenoxy) is 1. The van der Waals surface area contributed by atoms with Crippen molar-refractivity contribution >= 4 is 28.9 Å². The Bertz CT molecular complexity index is 662. The van der Waals surface area contributed by atoms with Crippen LogP contribution < -0.4 is 15.8 Å². The average Bonchev–Trinajstić information content (AvgIpc) is 2.43. The summed E-state index contributed by atoms with van der Waals surface area (Å²) in [5.74, 6) is -0.684. The fourth-order valence-electron chi connectivity index (χ4n) is 1.69. The van der Waals surface area contributed by atoms with Crippen LogP contribution in [0.5, 0.6) is 5.75 Å². The van der Waals surface area contributed by atoms with E-state index in [1.807, 2.05) is 0 Å². The Hall–Kier alpha value is -2.27. The number of rotatable bonds is 3. The molecule has 2 rings (SSSR count). The first-order valence-corrected chi connectivity index (χ1v) is 6.09. The second kappa shape index (κ2) is 5.79. The minimum absolute atomic E-state index is 0.188. The summed E-state index contributed by atoms with van der Waals surface area (Å²) in [6, 6.07) is 8.57. The number of carbonyl (C=O) groups is 1. The number of nitrogen functional groups attached to an aromatic ring is 1. The zero-order valence-corrected chi connectivity index (χ0v) is 11.4. The van der Waals surface area contributed by atoms with Crippen molar-refractivity contribution in [2.45, 2.75) is 0 Å². The monoisotopic (exact) mass is 294 g/mol. The van der Waals surface area contributed by atoms with E-state index in [4.69, 9.17) is 22.1 Å². The first kappa shape index (κ1) is 14.1. The first-order valence-electron chi connectivity index (χ1n) is 5.72. The van der Waals surface area contributed by atoms with Gasteiger partial charge in [-0.2, -0.15) is 0 Å². The third-order valence-electron chi connectivity index (χ3n) is 2.71. The molecule has 20 heavy (non-hydrogen) atoms. The minimum atomic E-state index is -0.456. The quantitative estimate of drug-likeness (QED) is 0.854. The SMILES string of the molecule is COc1cc(F)ccc1NC(=O)c1cccc(Cl)c1N. The summed E-state index contributed by atoms with van der Waals surface area (Å²) in [5, 5.41) is 2.90. The molecule has 0 heterocycles. The Kier molecular flexibility index (Phi) is 4.10. The lowest BCUT2D eigenvalue weighted by molar-refractivity contribution is 0.102. The van der Waals surface area contributed by atoms with E-state index in [1.165, 1.54) is 25.3 Å². The Morgan fingerprint density at radius 3 is 2.80 bits per heavy atom. The number of hydrogen-bond donors (Lipinski definition) is 2. The molecule has 2 aromatic rings. The summed E-state index contributed by atoms with van der Waals surface area (Å²) in [6.07, 6.45) is 0. The third kappa shape index (κ3) is 2.83. The van der Waals surface area contributed by atoms with Crippen molar-refractivity contribution < 1.29 is 13.9 Å². The Balaban J connectivity index is 2.30. The highest BCUT2D eigenvalue weighted by molar-refractivity contribution is 6.34. The fraction of sp³-hybridized carbons (Fsp3) is 0.0714. The highest BCUT2D eigenvalue weighted by atomic mass is 35.5. The number of methoxy groups -OCH3 is 1. The van der Waals surface area contributed by atoms with Gasteiger partial charge in [-0.05, 0) is 24.3 Å². The fourth-order valence-corrected chi connectivity index (χ4v) is 1.87.